The van der Waals surface area contributed by atoms with Gasteiger partial charge in [0, 0.05) is 18.0 Å². The maximum absolute atomic E-state index is 12.0. The Morgan fingerprint density at radius 2 is 2.35 bits per heavy atom. The smallest absolute Gasteiger partial charge is 0.315 e. The van der Waals surface area contributed by atoms with E-state index in [0.29, 0.717) is 6.61 Å². The van der Waals surface area contributed by atoms with Gasteiger partial charge in [0.2, 0.25) is 0 Å². The molecule has 0 spiro atoms. The molecule has 0 amide bonds. The molecule has 6 heteroatoms. The quantitative estimate of drug-likeness (QED) is 0.815. The number of carbonyl (C=O) groups is 1. The van der Waals surface area contributed by atoms with Crippen molar-refractivity contribution in [2.45, 2.75) is 32.1 Å². The second-order valence-corrected chi connectivity index (χ2v) is 6.34. The Labute approximate surface area is 124 Å². The fraction of sp³-hybridized carbons (Fsp3) is 0.714. The molecule has 0 radical (unpaired) electrons. The zero-order chi connectivity index (χ0) is 14.5. The number of aromatic nitrogens is 1. The first-order valence-electron chi connectivity index (χ1n) is 7.16. The summed E-state index contributed by atoms with van der Waals surface area (Å²) in [7, 11) is 4.09. The number of hydrogen-bond donors (Lipinski definition) is 1. The summed E-state index contributed by atoms with van der Waals surface area (Å²) in [4.78, 5) is 20.0. The summed E-state index contributed by atoms with van der Waals surface area (Å²) < 4.78 is 5.16. The Hall–Kier alpha value is -1.14. The first-order valence-corrected chi connectivity index (χ1v) is 7.98. The van der Waals surface area contributed by atoms with Crippen molar-refractivity contribution in [3.63, 3.8) is 0 Å². The second kappa shape index (κ2) is 7.04. The van der Waals surface area contributed by atoms with Crippen LogP contribution in [0.1, 0.15) is 36.3 Å². The third-order valence-corrected chi connectivity index (χ3v) is 4.45. The van der Waals surface area contributed by atoms with Gasteiger partial charge in [-0.25, -0.2) is 4.98 Å². The highest BCUT2D eigenvalue weighted by atomic mass is 32.1. The van der Waals surface area contributed by atoms with Crippen molar-refractivity contribution in [3.05, 3.63) is 10.6 Å². The molecule has 2 rings (SSSR count). The molecule has 0 bridgehead atoms. The largest absolute Gasteiger partial charge is 0.465 e. The van der Waals surface area contributed by atoms with Gasteiger partial charge < -0.3 is 15.0 Å². The Morgan fingerprint density at radius 3 is 3.05 bits per heavy atom. The summed E-state index contributed by atoms with van der Waals surface area (Å²) in [5, 5.41) is 4.26. The monoisotopic (exact) mass is 297 g/mol. The van der Waals surface area contributed by atoms with Gasteiger partial charge >= 0.3 is 5.97 Å². The van der Waals surface area contributed by atoms with Crippen LogP contribution in [0.2, 0.25) is 0 Å². The van der Waals surface area contributed by atoms with Crippen LogP contribution in [0, 0.1) is 0 Å². The first kappa shape index (κ1) is 15.3. The van der Waals surface area contributed by atoms with Gasteiger partial charge in [0.05, 0.1) is 12.3 Å². The molecule has 0 saturated carbocycles. The molecule has 0 saturated heterocycles. The van der Waals surface area contributed by atoms with Crippen LogP contribution in [-0.4, -0.2) is 49.6 Å². The Morgan fingerprint density at radius 1 is 1.55 bits per heavy atom. The minimum atomic E-state index is -0.167. The average Bonchev–Trinajstić information content (AvgIpc) is 2.80. The molecule has 1 aliphatic carbocycles. The lowest BCUT2D eigenvalue weighted by atomic mass is 9.91. The fourth-order valence-electron chi connectivity index (χ4n) is 2.35. The molecule has 5 nitrogen and oxygen atoms in total. The molecule has 1 N–H and O–H groups in total. The van der Waals surface area contributed by atoms with E-state index in [1.165, 1.54) is 4.88 Å². The van der Waals surface area contributed by atoms with Crippen molar-refractivity contribution < 1.29 is 9.53 Å². The summed E-state index contributed by atoms with van der Waals surface area (Å²) in [6, 6.07) is 0. The highest BCUT2D eigenvalue weighted by Gasteiger charge is 2.31. The summed E-state index contributed by atoms with van der Waals surface area (Å²) in [5.41, 5.74) is 0.937. The maximum Gasteiger partial charge on any atom is 0.315 e. The number of ether oxygens (including phenoxy) is 1. The normalized spacial score (nSPS) is 17.9. The van der Waals surface area contributed by atoms with Crippen molar-refractivity contribution in [3.8, 4) is 0 Å². The van der Waals surface area contributed by atoms with Crippen molar-refractivity contribution in [2.75, 3.05) is 39.1 Å². The van der Waals surface area contributed by atoms with Crippen LogP contribution >= 0.6 is 11.3 Å². The van der Waals surface area contributed by atoms with Crippen molar-refractivity contribution in [1.82, 2.24) is 9.88 Å². The molecule has 112 valence electrons. The third-order valence-electron chi connectivity index (χ3n) is 3.36. The average molecular weight is 297 g/mol. The van der Waals surface area contributed by atoms with Crippen LogP contribution in [0.15, 0.2) is 0 Å². The standard InChI is InChI=1S/C14H23N3O2S/c1-4-19-13(18)10-6-5-7-11-12(10)16-14(20-11)15-8-9-17(2)3/h10H,4-9H2,1-3H3,(H,15,16). The van der Waals surface area contributed by atoms with Crippen molar-refractivity contribution >= 4 is 22.4 Å². The zero-order valence-corrected chi connectivity index (χ0v) is 13.3. The van der Waals surface area contributed by atoms with Crippen LogP contribution in [0.5, 0.6) is 0 Å². The number of nitrogens with one attached hydrogen (secondary N) is 1. The molecular weight excluding hydrogens is 274 g/mol. The first-order chi connectivity index (χ1) is 9.61. The molecule has 1 aromatic rings. The van der Waals surface area contributed by atoms with Gasteiger partial charge in [-0.05, 0) is 40.3 Å². The number of fused-ring (bicyclic) bond motifs is 1. The minimum Gasteiger partial charge on any atom is -0.465 e. The predicted octanol–water partition coefficient (Wildman–Crippen LogP) is 2.10. The van der Waals surface area contributed by atoms with E-state index in [9.17, 15) is 4.79 Å². The Balaban J connectivity index is 2.04. The number of hydrogen-bond acceptors (Lipinski definition) is 6. The van der Waals surface area contributed by atoms with Gasteiger partial charge in [-0.2, -0.15) is 0 Å². The second-order valence-electron chi connectivity index (χ2n) is 5.25. The van der Waals surface area contributed by atoms with E-state index in [1.807, 2.05) is 21.0 Å². The maximum atomic E-state index is 12.0. The lowest BCUT2D eigenvalue weighted by molar-refractivity contribution is -0.145. The molecular formula is C14H23N3O2S. The molecule has 0 aliphatic heterocycles. The summed E-state index contributed by atoms with van der Waals surface area (Å²) >= 11 is 1.68. The number of aryl methyl sites for hydroxylation is 1. The number of carbonyl (C=O) groups excluding carboxylic acids is 1. The number of rotatable bonds is 6. The molecule has 1 heterocycles. The number of thiazole rings is 1. The number of nitrogens with zero attached hydrogens (tertiary/aromatic N) is 2. The van der Waals surface area contributed by atoms with E-state index >= 15 is 0 Å². The van der Waals surface area contributed by atoms with Gasteiger partial charge in [0.1, 0.15) is 5.92 Å². The van der Waals surface area contributed by atoms with Crippen LogP contribution in [-0.2, 0) is 16.0 Å². The zero-order valence-electron chi connectivity index (χ0n) is 12.4. The van der Waals surface area contributed by atoms with Crippen molar-refractivity contribution in [1.29, 1.82) is 0 Å². The van der Waals surface area contributed by atoms with E-state index in [0.717, 1.165) is 43.2 Å². The van der Waals surface area contributed by atoms with Gasteiger partial charge in [0.25, 0.3) is 0 Å². The number of esters is 1. The van der Waals surface area contributed by atoms with Gasteiger partial charge in [-0.15, -0.1) is 11.3 Å². The van der Waals surface area contributed by atoms with E-state index in [-0.39, 0.29) is 11.9 Å². The van der Waals surface area contributed by atoms with Crippen molar-refractivity contribution in [2.24, 2.45) is 0 Å². The molecule has 1 aliphatic rings. The Bertz CT molecular complexity index is 459. The van der Waals surface area contributed by atoms with Crippen LogP contribution in [0.25, 0.3) is 0 Å². The van der Waals surface area contributed by atoms with Gasteiger partial charge in [0.15, 0.2) is 5.13 Å². The topological polar surface area (TPSA) is 54.5 Å². The number of likely N-dealkylation sites (N-methyl/N-ethyl adjacent to an activating group) is 1. The highest BCUT2D eigenvalue weighted by Crippen LogP contribution is 2.37. The molecule has 1 atom stereocenters. The van der Waals surface area contributed by atoms with E-state index in [4.69, 9.17) is 4.74 Å². The van der Waals surface area contributed by atoms with Gasteiger partial charge in [-0.1, -0.05) is 0 Å². The SMILES string of the molecule is CCOC(=O)C1CCCc2sc(NCCN(C)C)nc21. The third kappa shape index (κ3) is 3.70. The lowest BCUT2D eigenvalue weighted by Gasteiger charge is -2.19. The predicted molar refractivity (Wildman–Crippen MR) is 81.5 cm³/mol. The number of anilines is 1. The van der Waals surface area contributed by atoms with E-state index < -0.39 is 0 Å². The highest BCUT2D eigenvalue weighted by molar-refractivity contribution is 7.15. The molecule has 0 fully saturated rings. The lowest BCUT2D eigenvalue weighted by Crippen LogP contribution is -2.21. The minimum absolute atomic E-state index is 0.126. The molecule has 0 aromatic carbocycles. The molecule has 1 aromatic heterocycles. The molecule has 1 unspecified atom stereocenters. The summed E-state index contributed by atoms with van der Waals surface area (Å²) in [5.74, 6) is -0.294. The van der Waals surface area contributed by atoms with Crippen LogP contribution in [0.3, 0.4) is 0 Å². The van der Waals surface area contributed by atoms with Crippen LogP contribution < -0.4 is 5.32 Å². The fourth-order valence-corrected chi connectivity index (χ4v) is 3.44. The van der Waals surface area contributed by atoms with E-state index in [2.05, 4.69) is 15.2 Å². The van der Waals surface area contributed by atoms with Gasteiger partial charge in [-0.3, -0.25) is 4.79 Å². The van der Waals surface area contributed by atoms with Crippen LogP contribution in [0.4, 0.5) is 5.13 Å². The summed E-state index contributed by atoms with van der Waals surface area (Å²) in [6.07, 6.45) is 2.92. The Kier molecular flexibility index (Phi) is 5.37. The van der Waals surface area contributed by atoms with E-state index in [1.54, 1.807) is 11.3 Å². The summed E-state index contributed by atoms with van der Waals surface area (Å²) in [6.45, 7) is 4.11. The molecule has 20 heavy (non-hydrogen) atoms.